The van der Waals surface area contributed by atoms with Crippen LogP contribution in [0, 0.1) is 0 Å². The standard InChI is InChI=1S/C15H18N2O4/c1-3-17-14(13(19-2)9-16-17)15(18)10-4-5-11-12(8-10)21-7-6-20-11/h4-5,8-9,15,18H,3,6-7H2,1-2H3. The number of aliphatic hydroxyl groups is 1. The van der Waals surface area contributed by atoms with E-state index in [-0.39, 0.29) is 0 Å². The predicted molar refractivity (Wildman–Crippen MR) is 75.9 cm³/mol. The lowest BCUT2D eigenvalue weighted by Gasteiger charge is -2.20. The maximum atomic E-state index is 10.7. The van der Waals surface area contributed by atoms with Gasteiger partial charge >= 0.3 is 0 Å². The highest BCUT2D eigenvalue weighted by atomic mass is 16.6. The molecule has 1 atom stereocenters. The first-order valence-corrected chi connectivity index (χ1v) is 6.92. The second kappa shape index (κ2) is 5.65. The second-order valence-electron chi connectivity index (χ2n) is 4.72. The number of hydrogen-bond donors (Lipinski definition) is 1. The monoisotopic (exact) mass is 290 g/mol. The summed E-state index contributed by atoms with van der Waals surface area (Å²) in [6.45, 7) is 3.68. The number of hydrogen-bond acceptors (Lipinski definition) is 5. The van der Waals surface area contributed by atoms with Crippen molar-refractivity contribution < 1.29 is 19.3 Å². The normalized spacial score (nSPS) is 14.8. The maximum absolute atomic E-state index is 10.7. The van der Waals surface area contributed by atoms with Crippen molar-refractivity contribution in [2.75, 3.05) is 20.3 Å². The minimum atomic E-state index is -0.835. The molecule has 0 saturated carbocycles. The molecule has 21 heavy (non-hydrogen) atoms. The van der Waals surface area contributed by atoms with Gasteiger partial charge in [0.2, 0.25) is 0 Å². The van der Waals surface area contributed by atoms with Gasteiger partial charge in [-0.05, 0) is 24.6 Å². The summed E-state index contributed by atoms with van der Waals surface area (Å²) in [5, 5.41) is 14.9. The van der Waals surface area contributed by atoms with Crippen LogP contribution in [0.5, 0.6) is 17.2 Å². The number of benzene rings is 1. The number of aryl methyl sites for hydroxylation is 1. The molecule has 1 unspecified atom stereocenters. The zero-order valence-corrected chi connectivity index (χ0v) is 12.1. The van der Waals surface area contributed by atoms with Crippen LogP contribution in [0.25, 0.3) is 0 Å². The zero-order valence-electron chi connectivity index (χ0n) is 12.1. The molecule has 0 aliphatic carbocycles. The minimum Gasteiger partial charge on any atom is -0.493 e. The first-order chi connectivity index (χ1) is 10.2. The van der Waals surface area contributed by atoms with Crippen molar-refractivity contribution in [1.29, 1.82) is 0 Å². The van der Waals surface area contributed by atoms with Gasteiger partial charge in [-0.25, -0.2) is 0 Å². The van der Waals surface area contributed by atoms with Crippen molar-refractivity contribution in [1.82, 2.24) is 9.78 Å². The number of aromatic nitrogens is 2. The van der Waals surface area contributed by atoms with Gasteiger partial charge < -0.3 is 19.3 Å². The van der Waals surface area contributed by atoms with Gasteiger partial charge in [-0.3, -0.25) is 4.68 Å². The van der Waals surface area contributed by atoms with E-state index < -0.39 is 6.10 Å². The molecule has 0 amide bonds. The summed E-state index contributed by atoms with van der Waals surface area (Å²) in [5.74, 6) is 1.92. The van der Waals surface area contributed by atoms with E-state index in [1.54, 1.807) is 24.1 Å². The second-order valence-corrected chi connectivity index (χ2v) is 4.72. The molecule has 3 rings (SSSR count). The first kappa shape index (κ1) is 13.8. The average Bonchev–Trinajstić information content (AvgIpc) is 2.96. The van der Waals surface area contributed by atoms with E-state index in [0.717, 1.165) is 0 Å². The van der Waals surface area contributed by atoms with Crippen LogP contribution < -0.4 is 14.2 Å². The van der Waals surface area contributed by atoms with Crippen molar-refractivity contribution in [2.45, 2.75) is 19.6 Å². The van der Waals surface area contributed by atoms with E-state index in [0.29, 0.717) is 48.3 Å². The Morgan fingerprint density at radius 2 is 2.10 bits per heavy atom. The lowest BCUT2D eigenvalue weighted by Crippen LogP contribution is -2.16. The Kier molecular flexibility index (Phi) is 3.70. The summed E-state index contributed by atoms with van der Waals surface area (Å²) >= 11 is 0. The fourth-order valence-electron chi connectivity index (χ4n) is 2.45. The number of fused-ring (bicyclic) bond motifs is 1. The van der Waals surface area contributed by atoms with Gasteiger partial charge in [-0.15, -0.1) is 0 Å². The summed E-state index contributed by atoms with van der Waals surface area (Å²) in [6.07, 6.45) is 0.776. The van der Waals surface area contributed by atoms with Crippen LogP contribution in [0.3, 0.4) is 0 Å². The fraction of sp³-hybridized carbons (Fsp3) is 0.400. The molecule has 0 fully saturated rings. The summed E-state index contributed by atoms with van der Waals surface area (Å²) in [7, 11) is 1.57. The van der Waals surface area contributed by atoms with Gasteiger partial charge in [0, 0.05) is 6.54 Å². The van der Waals surface area contributed by atoms with Gasteiger partial charge in [-0.2, -0.15) is 5.10 Å². The highest BCUT2D eigenvalue weighted by Crippen LogP contribution is 2.36. The Morgan fingerprint density at radius 1 is 1.33 bits per heavy atom. The lowest BCUT2D eigenvalue weighted by molar-refractivity contribution is 0.169. The van der Waals surface area contributed by atoms with Crippen molar-refractivity contribution in [3.63, 3.8) is 0 Å². The van der Waals surface area contributed by atoms with E-state index in [2.05, 4.69) is 5.10 Å². The van der Waals surface area contributed by atoms with Crippen molar-refractivity contribution >= 4 is 0 Å². The van der Waals surface area contributed by atoms with E-state index in [1.165, 1.54) is 0 Å². The van der Waals surface area contributed by atoms with Gasteiger partial charge in [0.1, 0.15) is 25.0 Å². The van der Waals surface area contributed by atoms with Crippen LogP contribution in [0.15, 0.2) is 24.4 Å². The Balaban J connectivity index is 1.98. The largest absolute Gasteiger partial charge is 0.493 e. The van der Waals surface area contributed by atoms with Crippen LogP contribution in [-0.4, -0.2) is 35.2 Å². The summed E-state index contributed by atoms with van der Waals surface area (Å²) < 4.78 is 18.1. The molecule has 112 valence electrons. The molecule has 6 heteroatoms. The molecule has 1 aromatic carbocycles. The van der Waals surface area contributed by atoms with Crippen LogP contribution in [0.4, 0.5) is 0 Å². The minimum absolute atomic E-state index is 0.517. The molecule has 1 N–H and O–H groups in total. The summed E-state index contributed by atoms with van der Waals surface area (Å²) in [6, 6.07) is 5.43. The Bertz CT molecular complexity index is 617. The molecule has 0 spiro atoms. The molecule has 1 aromatic heterocycles. The molecule has 0 radical (unpaired) electrons. The average molecular weight is 290 g/mol. The van der Waals surface area contributed by atoms with Gasteiger partial charge in [0.05, 0.1) is 13.3 Å². The number of nitrogens with zero attached hydrogens (tertiary/aromatic N) is 2. The number of aliphatic hydroxyl groups excluding tert-OH is 1. The van der Waals surface area contributed by atoms with Gasteiger partial charge in [-0.1, -0.05) is 6.07 Å². The smallest absolute Gasteiger partial charge is 0.163 e. The third kappa shape index (κ3) is 2.42. The van der Waals surface area contributed by atoms with Crippen LogP contribution in [0.2, 0.25) is 0 Å². The summed E-state index contributed by atoms with van der Waals surface area (Å²) in [4.78, 5) is 0. The molecular weight excluding hydrogens is 272 g/mol. The van der Waals surface area contributed by atoms with Crippen LogP contribution >= 0.6 is 0 Å². The molecule has 2 heterocycles. The fourth-order valence-corrected chi connectivity index (χ4v) is 2.45. The maximum Gasteiger partial charge on any atom is 0.163 e. The number of methoxy groups -OCH3 is 1. The van der Waals surface area contributed by atoms with Crippen LogP contribution in [-0.2, 0) is 6.54 Å². The summed E-state index contributed by atoms with van der Waals surface area (Å²) in [5.41, 5.74) is 1.35. The first-order valence-electron chi connectivity index (χ1n) is 6.92. The van der Waals surface area contributed by atoms with Crippen molar-refractivity contribution in [3.05, 3.63) is 35.7 Å². The molecule has 2 aromatic rings. The number of rotatable bonds is 4. The highest BCUT2D eigenvalue weighted by molar-refractivity contribution is 5.46. The lowest BCUT2D eigenvalue weighted by atomic mass is 10.0. The van der Waals surface area contributed by atoms with E-state index in [9.17, 15) is 5.11 Å². The topological polar surface area (TPSA) is 65.7 Å². The molecule has 0 saturated heterocycles. The van der Waals surface area contributed by atoms with E-state index in [1.807, 2.05) is 19.1 Å². The van der Waals surface area contributed by atoms with Crippen molar-refractivity contribution in [2.24, 2.45) is 0 Å². The highest BCUT2D eigenvalue weighted by Gasteiger charge is 2.23. The SMILES string of the molecule is CCn1ncc(OC)c1C(O)c1ccc2c(c1)OCCO2. The molecular formula is C15H18N2O4. The Morgan fingerprint density at radius 3 is 2.81 bits per heavy atom. The van der Waals surface area contributed by atoms with Crippen LogP contribution in [0.1, 0.15) is 24.3 Å². The van der Waals surface area contributed by atoms with Gasteiger partial charge in [0.25, 0.3) is 0 Å². The van der Waals surface area contributed by atoms with Gasteiger partial charge in [0.15, 0.2) is 17.2 Å². The van der Waals surface area contributed by atoms with Crippen molar-refractivity contribution in [3.8, 4) is 17.2 Å². The number of ether oxygens (including phenoxy) is 3. The quantitative estimate of drug-likeness (QED) is 0.929. The molecule has 1 aliphatic rings. The predicted octanol–water partition coefficient (Wildman–Crippen LogP) is 1.76. The molecule has 6 nitrogen and oxygen atoms in total. The Labute approximate surface area is 122 Å². The van der Waals surface area contributed by atoms with E-state index >= 15 is 0 Å². The third-order valence-electron chi connectivity index (χ3n) is 3.51. The zero-order chi connectivity index (χ0) is 14.8. The Hall–Kier alpha value is -2.21. The molecule has 1 aliphatic heterocycles. The third-order valence-corrected chi connectivity index (χ3v) is 3.51. The molecule has 0 bridgehead atoms. The van der Waals surface area contributed by atoms with E-state index in [4.69, 9.17) is 14.2 Å².